The molecule has 0 saturated carbocycles. The molecule has 1 aliphatic heterocycles. The Bertz CT molecular complexity index is 386. The molecule has 1 saturated heterocycles. The Labute approximate surface area is 106 Å². The fraction of sp³-hybridized carbons (Fsp3) is 0.667. The molecule has 1 unspecified atom stereocenters. The van der Waals surface area contributed by atoms with Crippen LogP contribution in [0, 0.1) is 0 Å². The van der Waals surface area contributed by atoms with Crippen molar-refractivity contribution in [3.63, 3.8) is 0 Å². The SMILES string of the molecule is CCc1cnc(CNC(=O)CC2CNCCO2)o1. The first-order valence-electron chi connectivity index (χ1n) is 6.30. The van der Waals surface area contributed by atoms with Crippen LogP contribution in [0.4, 0.5) is 0 Å². The van der Waals surface area contributed by atoms with E-state index in [9.17, 15) is 4.79 Å². The first kappa shape index (κ1) is 13.0. The lowest BCUT2D eigenvalue weighted by Crippen LogP contribution is -2.41. The zero-order valence-corrected chi connectivity index (χ0v) is 10.6. The molecule has 1 atom stereocenters. The second-order valence-corrected chi connectivity index (χ2v) is 4.25. The van der Waals surface area contributed by atoms with Crippen molar-refractivity contribution in [3.05, 3.63) is 17.8 Å². The molecule has 2 N–H and O–H groups in total. The highest BCUT2D eigenvalue weighted by molar-refractivity contribution is 5.76. The molecular formula is C12H19N3O3. The molecule has 6 nitrogen and oxygen atoms in total. The van der Waals surface area contributed by atoms with Gasteiger partial charge >= 0.3 is 0 Å². The van der Waals surface area contributed by atoms with Crippen molar-refractivity contribution in [1.29, 1.82) is 0 Å². The van der Waals surface area contributed by atoms with Crippen molar-refractivity contribution in [2.24, 2.45) is 0 Å². The van der Waals surface area contributed by atoms with E-state index in [2.05, 4.69) is 15.6 Å². The third kappa shape index (κ3) is 3.82. The minimum Gasteiger partial charge on any atom is -0.444 e. The third-order valence-corrected chi connectivity index (χ3v) is 2.80. The van der Waals surface area contributed by atoms with Crippen LogP contribution in [0.1, 0.15) is 25.0 Å². The van der Waals surface area contributed by atoms with Gasteiger partial charge in [-0.2, -0.15) is 0 Å². The van der Waals surface area contributed by atoms with Crippen LogP contribution in [0.15, 0.2) is 10.6 Å². The van der Waals surface area contributed by atoms with E-state index < -0.39 is 0 Å². The van der Waals surface area contributed by atoms with Crippen LogP contribution < -0.4 is 10.6 Å². The van der Waals surface area contributed by atoms with Crippen LogP contribution in [0.2, 0.25) is 0 Å². The minimum atomic E-state index is -0.0417. The summed E-state index contributed by atoms with van der Waals surface area (Å²) in [5.74, 6) is 1.34. The molecule has 2 heterocycles. The number of amides is 1. The van der Waals surface area contributed by atoms with Crippen LogP contribution in [0.5, 0.6) is 0 Å². The van der Waals surface area contributed by atoms with Crippen LogP contribution in [-0.4, -0.2) is 36.7 Å². The van der Waals surface area contributed by atoms with Gasteiger partial charge in [-0.3, -0.25) is 4.79 Å². The maximum atomic E-state index is 11.7. The van der Waals surface area contributed by atoms with Gasteiger partial charge < -0.3 is 19.8 Å². The van der Waals surface area contributed by atoms with E-state index in [0.29, 0.717) is 25.5 Å². The second-order valence-electron chi connectivity index (χ2n) is 4.25. The average Bonchev–Trinajstić information content (AvgIpc) is 2.85. The monoisotopic (exact) mass is 253 g/mol. The standard InChI is InChI=1S/C12H19N3O3/c1-2-9-7-15-12(18-9)8-14-11(16)5-10-6-13-3-4-17-10/h7,10,13H,2-6,8H2,1H3,(H,14,16). The van der Waals surface area contributed by atoms with Gasteiger partial charge in [-0.05, 0) is 0 Å². The van der Waals surface area contributed by atoms with Crippen LogP contribution in [0.3, 0.4) is 0 Å². The molecule has 0 aliphatic carbocycles. The van der Waals surface area contributed by atoms with Crippen molar-refractivity contribution >= 4 is 5.91 Å². The number of oxazole rings is 1. The molecular weight excluding hydrogens is 234 g/mol. The third-order valence-electron chi connectivity index (χ3n) is 2.80. The molecule has 100 valence electrons. The van der Waals surface area contributed by atoms with E-state index in [4.69, 9.17) is 9.15 Å². The van der Waals surface area contributed by atoms with Gasteiger partial charge in [0.1, 0.15) is 5.76 Å². The fourth-order valence-electron chi connectivity index (χ4n) is 1.80. The van der Waals surface area contributed by atoms with E-state index in [0.717, 1.165) is 25.3 Å². The smallest absolute Gasteiger partial charge is 0.223 e. The minimum absolute atomic E-state index is 0.0329. The Hall–Kier alpha value is -1.40. The topological polar surface area (TPSA) is 76.4 Å². The lowest BCUT2D eigenvalue weighted by atomic mass is 10.2. The summed E-state index contributed by atoms with van der Waals surface area (Å²) in [6.07, 6.45) is 2.83. The lowest BCUT2D eigenvalue weighted by molar-refractivity contribution is -0.124. The average molecular weight is 253 g/mol. The Balaban J connectivity index is 1.70. The molecule has 18 heavy (non-hydrogen) atoms. The summed E-state index contributed by atoms with van der Waals surface area (Å²) >= 11 is 0. The van der Waals surface area contributed by atoms with Crippen molar-refractivity contribution in [3.8, 4) is 0 Å². The largest absolute Gasteiger partial charge is 0.444 e. The van der Waals surface area contributed by atoms with Gasteiger partial charge in [-0.1, -0.05) is 6.92 Å². The summed E-state index contributed by atoms with van der Waals surface area (Å²) in [6, 6.07) is 0. The zero-order chi connectivity index (χ0) is 12.8. The fourth-order valence-corrected chi connectivity index (χ4v) is 1.80. The van der Waals surface area contributed by atoms with Crippen molar-refractivity contribution in [1.82, 2.24) is 15.6 Å². The zero-order valence-electron chi connectivity index (χ0n) is 10.6. The molecule has 1 amide bonds. The van der Waals surface area contributed by atoms with Crippen LogP contribution in [0.25, 0.3) is 0 Å². The number of ether oxygens (including phenoxy) is 1. The number of rotatable bonds is 5. The summed E-state index contributed by atoms with van der Waals surface area (Å²) in [5.41, 5.74) is 0. The maximum absolute atomic E-state index is 11.7. The number of carbonyl (C=O) groups is 1. The quantitative estimate of drug-likeness (QED) is 0.785. The Morgan fingerprint density at radius 2 is 2.56 bits per heavy atom. The van der Waals surface area contributed by atoms with E-state index in [1.807, 2.05) is 6.92 Å². The van der Waals surface area contributed by atoms with Crippen molar-refractivity contribution < 1.29 is 13.9 Å². The molecule has 0 spiro atoms. The predicted molar refractivity (Wildman–Crippen MR) is 65.0 cm³/mol. The lowest BCUT2D eigenvalue weighted by Gasteiger charge is -2.22. The normalized spacial score (nSPS) is 19.7. The molecule has 1 fully saturated rings. The molecule has 2 rings (SSSR count). The Kier molecular flexibility index (Phi) is 4.72. The number of nitrogens with zero attached hydrogens (tertiary/aromatic N) is 1. The Morgan fingerprint density at radius 3 is 3.22 bits per heavy atom. The summed E-state index contributed by atoms with van der Waals surface area (Å²) in [7, 11) is 0. The van der Waals surface area contributed by atoms with Crippen LogP contribution in [-0.2, 0) is 22.5 Å². The number of hydrogen-bond acceptors (Lipinski definition) is 5. The molecule has 6 heteroatoms. The van der Waals surface area contributed by atoms with Gasteiger partial charge in [-0.15, -0.1) is 0 Å². The molecule has 1 aromatic rings. The van der Waals surface area contributed by atoms with E-state index >= 15 is 0 Å². The summed E-state index contributed by atoms with van der Waals surface area (Å²) in [4.78, 5) is 15.8. The number of carbonyl (C=O) groups excluding carboxylic acids is 1. The van der Waals surface area contributed by atoms with E-state index in [-0.39, 0.29) is 12.0 Å². The summed E-state index contributed by atoms with van der Waals surface area (Å²) in [6.45, 7) is 4.58. The highest BCUT2D eigenvalue weighted by Crippen LogP contribution is 2.05. The number of aromatic nitrogens is 1. The van der Waals surface area contributed by atoms with Gasteiger partial charge in [0.05, 0.1) is 31.9 Å². The number of hydrogen-bond donors (Lipinski definition) is 2. The summed E-state index contributed by atoms with van der Waals surface area (Å²) < 4.78 is 10.9. The maximum Gasteiger partial charge on any atom is 0.223 e. The van der Waals surface area contributed by atoms with E-state index in [1.165, 1.54) is 0 Å². The van der Waals surface area contributed by atoms with Gasteiger partial charge in [0.15, 0.2) is 0 Å². The first-order valence-corrected chi connectivity index (χ1v) is 6.30. The molecule has 1 aromatic heterocycles. The van der Waals surface area contributed by atoms with Gasteiger partial charge in [0.25, 0.3) is 0 Å². The Morgan fingerprint density at radius 1 is 1.67 bits per heavy atom. The molecule has 0 radical (unpaired) electrons. The van der Waals surface area contributed by atoms with Gasteiger partial charge in [-0.25, -0.2) is 4.98 Å². The molecule has 1 aliphatic rings. The first-order chi connectivity index (χ1) is 8.78. The molecule has 0 aromatic carbocycles. The van der Waals surface area contributed by atoms with Gasteiger partial charge in [0, 0.05) is 19.5 Å². The molecule has 0 bridgehead atoms. The van der Waals surface area contributed by atoms with E-state index in [1.54, 1.807) is 6.20 Å². The van der Waals surface area contributed by atoms with Crippen molar-refractivity contribution in [2.75, 3.05) is 19.7 Å². The summed E-state index contributed by atoms with van der Waals surface area (Å²) in [5, 5.41) is 5.97. The highest BCUT2D eigenvalue weighted by Gasteiger charge is 2.17. The number of morpholine rings is 1. The van der Waals surface area contributed by atoms with Crippen LogP contribution >= 0.6 is 0 Å². The van der Waals surface area contributed by atoms with Crippen molar-refractivity contribution in [2.45, 2.75) is 32.4 Å². The second kappa shape index (κ2) is 6.51. The predicted octanol–water partition coefficient (Wildman–Crippen LogP) is 0.232. The highest BCUT2D eigenvalue weighted by atomic mass is 16.5. The number of nitrogens with one attached hydrogen (secondary N) is 2. The van der Waals surface area contributed by atoms with Gasteiger partial charge in [0.2, 0.25) is 11.8 Å². The number of aryl methyl sites for hydroxylation is 1.